The molecule has 7 heteroatoms. The Balaban J connectivity index is 1.36. The summed E-state index contributed by atoms with van der Waals surface area (Å²) < 4.78 is 0. The monoisotopic (exact) mass is 452 g/mol. The van der Waals surface area contributed by atoms with Crippen LogP contribution in [0.15, 0.2) is 78.9 Å². The lowest BCUT2D eigenvalue weighted by molar-refractivity contribution is -0.122. The van der Waals surface area contributed by atoms with E-state index in [1.807, 2.05) is 61.5 Å². The number of benzene rings is 3. The SMILES string of the molecule is Cc1[nH]c2ccccc2c1[C@H]1c2ccccc2C(=O)N1CCC(=O)NNC(=O)c1ccccc1. The smallest absolute Gasteiger partial charge is 0.269 e. The largest absolute Gasteiger partial charge is 0.358 e. The van der Waals surface area contributed by atoms with Crippen molar-refractivity contribution < 1.29 is 14.4 Å². The number of nitrogens with one attached hydrogen (secondary N) is 3. The predicted octanol–water partition coefficient (Wildman–Crippen LogP) is 3.87. The number of hydrogen-bond donors (Lipinski definition) is 3. The number of H-pyrrole nitrogens is 1. The van der Waals surface area contributed by atoms with Crippen LogP contribution in [-0.4, -0.2) is 34.2 Å². The molecule has 0 aliphatic carbocycles. The van der Waals surface area contributed by atoms with Crippen LogP contribution in [0.2, 0.25) is 0 Å². The number of aromatic amines is 1. The Hall–Kier alpha value is -4.39. The number of aryl methyl sites for hydroxylation is 1. The summed E-state index contributed by atoms with van der Waals surface area (Å²) in [7, 11) is 0. The van der Waals surface area contributed by atoms with Crippen LogP contribution in [0.1, 0.15) is 50.0 Å². The van der Waals surface area contributed by atoms with Crippen LogP contribution in [0.3, 0.4) is 0 Å². The minimum atomic E-state index is -0.397. The van der Waals surface area contributed by atoms with Gasteiger partial charge < -0.3 is 9.88 Å². The zero-order valence-corrected chi connectivity index (χ0v) is 18.7. The van der Waals surface area contributed by atoms with E-state index in [-0.39, 0.29) is 30.8 Å². The molecule has 1 aliphatic heterocycles. The third kappa shape index (κ3) is 3.81. The van der Waals surface area contributed by atoms with Gasteiger partial charge in [-0.15, -0.1) is 0 Å². The second-order valence-corrected chi connectivity index (χ2v) is 8.32. The summed E-state index contributed by atoms with van der Waals surface area (Å²) in [6, 6.07) is 23.9. The van der Waals surface area contributed by atoms with E-state index >= 15 is 0 Å². The molecule has 34 heavy (non-hydrogen) atoms. The third-order valence-corrected chi connectivity index (χ3v) is 6.21. The molecule has 4 aromatic rings. The van der Waals surface area contributed by atoms with Crippen LogP contribution in [0.4, 0.5) is 0 Å². The first-order valence-electron chi connectivity index (χ1n) is 11.2. The summed E-state index contributed by atoms with van der Waals surface area (Å²) >= 11 is 0. The molecule has 0 fully saturated rings. The van der Waals surface area contributed by atoms with Gasteiger partial charge in [-0.1, -0.05) is 54.6 Å². The number of hydrazine groups is 1. The van der Waals surface area contributed by atoms with Gasteiger partial charge in [0.2, 0.25) is 5.91 Å². The van der Waals surface area contributed by atoms with E-state index in [1.54, 1.807) is 29.2 Å². The van der Waals surface area contributed by atoms with Crippen molar-refractivity contribution in [1.29, 1.82) is 0 Å². The summed E-state index contributed by atoms with van der Waals surface area (Å²) in [6.07, 6.45) is 0.0483. The normalized spacial score (nSPS) is 14.8. The van der Waals surface area contributed by atoms with Crippen molar-refractivity contribution in [3.05, 3.63) is 107 Å². The van der Waals surface area contributed by atoms with E-state index in [9.17, 15) is 14.4 Å². The molecule has 7 nitrogen and oxygen atoms in total. The Kier molecular flexibility index (Phi) is 5.59. The second-order valence-electron chi connectivity index (χ2n) is 8.32. The van der Waals surface area contributed by atoms with Crippen molar-refractivity contribution in [2.75, 3.05) is 6.54 Å². The van der Waals surface area contributed by atoms with Gasteiger partial charge in [-0.2, -0.15) is 0 Å². The Bertz CT molecular complexity index is 1390. The van der Waals surface area contributed by atoms with Gasteiger partial charge in [0.25, 0.3) is 11.8 Å². The maximum Gasteiger partial charge on any atom is 0.269 e. The van der Waals surface area contributed by atoms with E-state index in [0.29, 0.717) is 11.1 Å². The molecule has 0 saturated carbocycles. The lowest BCUT2D eigenvalue weighted by Crippen LogP contribution is -2.43. The Morgan fingerprint density at radius 3 is 2.44 bits per heavy atom. The number of para-hydroxylation sites is 1. The molecule has 1 aromatic heterocycles. The maximum atomic E-state index is 13.3. The van der Waals surface area contributed by atoms with Gasteiger partial charge in [0, 0.05) is 46.3 Å². The zero-order valence-electron chi connectivity index (χ0n) is 18.7. The van der Waals surface area contributed by atoms with Gasteiger partial charge in [-0.05, 0) is 36.8 Å². The van der Waals surface area contributed by atoms with Gasteiger partial charge in [-0.25, -0.2) is 0 Å². The number of rotatable bonds is 5. The van der Waals surface area contributed by atoms with Gasteiger partial charge in [0.05, 0.1) is 6.04 Å². The number of aromatic nitrogens is 1. The highest BCUT2D eigenvalue weighted by Crippen LogP contribution is 2.42. The summed E-state index contributed by atoms with van der Waals surface area (Å²) in [5.41, 5.74) is 9.93. The fourth-order valence-corrected chi connectivity index (χ4v) is 4.64. The molecule has 0 radical (unpaired) electrons. The van der Waals surface area contributed by atoms with E-state index in [4.69, 9.17) is 0 Å². The average Bonchev–Trinajstić information content (AvgIpc) is 3.34. The molecule has 5 rings (SSSR count). The Morgan fingerprint density at radius 1 is 0.912 bits per heavy atom. The lowest BCUT2D eigenvalue weighted by atomic mass is 9.95. The van der Waals surface area contributed by atoms with Crippen LogP contribution < -0.4 is 10.9 Å². The van der Waals surface area contributed by atoms with Gasteiger partial charge >= 0.3 is 0 Å². The third-order valence-electron chi connectivity index (χ3n) is 6.21. The zero-order chi connectivity index (χ0) is 23.7. The Morgan fingerprint density at radius 2 is 1.62 bits per heavy atom. The van der Waals surface area contributed by atoms with Crippen LogP contribution in [-0.2, 0) is 4.79 Å². The molecule has 0 saturated heterocycles. The minimum Gasteiger partial charge on any atom is -0.358 e. The fraction of sp³-hybridized carbons (Fsp3) is 0.148. The number of carbonyl (C=O) groups excluding carboxylic acids is 3. The number of hydrogen-bond acceptors (Lipinski definition) is 3. The second kappa shape index (κ2) is 8.86. The molecule has 3 amide bonds. The van der Waals surface area contributed by atoms with Gasteiger partial charge in [0.1, 0.15) is 0 Å². The van der Waals surface area contributed by atoms with E-state index in [0.717, 1.165) is 27.7 Å². The Labute approximate surface area is 196 Å². The molecule has 1 aliphatic rings. The van der Waals surface area contributed by atoms with E-state index in [2.05, 4.69) is 15.8 Å². The average molecular weight is 453 g/mol. The first-order valence-corrected chi connectivity index (χ1v) is 11.2. The van der Waals surface area contributed by atoms with E-state index in [1.165, 1.54) is 0 Å². The number of nitrogens with zero attached hydrogens (tertiary/aromatic N) is 1. The summed E-state index contributed by atoms with van der Waals surface area (Å²) in [6.45, 7) is 2.22. The van der Waals surface area contributed by atoms with Crippen molar-refractivity contribution in [3.8, 4) is 0 Å². The topological polar surface area (TPSA) is 94.3 Å². The maximum absolute atomic E-state index is 13.3. The standard InChI is InChI=1S/C27H24N4O3/c1-17-24(21-13-7-8-14-22(21)28-17)25-19-11-5-6-12-20(19)27(34)31(25)16-15-23(32)29-30-26(33)18-9-3-2-4-10-18/h2-14,25,28H,15-16H2,1H3,(H,29,32)(H,30,33)/t25-/m1/s1. The highest BCUT2D eigenvalue weighted by Gasteiger charge is 2.39. The summed E-state index contributed by atoms with van der Waals surface area (Å²) in [5, 5.41) is 1.05. The summed E-state index contributed by atoms with van der Waals surface area (Å²) in [4.78, 5) is 43.2. The van der Waals surface area contributed by atoms with Crippen LogP contribution in [0, 0.1) is 6.92 Å². The van der Waals surface area contributed by atoms with Gasteiger partial charge in [-0.3, -0.25) is 25.2 Å². The number of carbonyl (C=O) groups is 3. The van der Waals surface area contributed by atoms with Crippen molar-refractivity contribution in [3.63, 3.8) is 0 Å². The van der Waals surface area contributed by atoms with Crippen molar-refractivity contribution in [2.45, 2.75) is 19.4 Å². The van der Waals surface area contributed by atoms with Crippen molar-refractivity contribution in [1.82, 2.24) is 20.7 Å². The molecule has 3 N–H and O–H groups in total. The highest BCUT2D eigenvalue weighted by atomic mass is 16.2. The van der Waals surface area contributed by atoms with E-state index < -0.39 is 5.91 Å². The minimum absolute atomic E-state index is 0.0483. The first kappa shape index (κ1) is 21.5. The summed E-state index contributed by atoms with van der Waals surface area (Å²) in [5.74, 6) is -0.875. The van der Waals surface area contributed by atoms with Crippen LogP contribution in [0.5, 0.6) is 0 Å². The molecule has 0 bridgehead atoms. The lowest BCUT2D eigenvalue weighted by Gasteiger charge is -2.26. The quantitative estimate of drug-likeness (QED) is 0.401. The fourth-order valence-electron chi connectivity index (χ4n) is 4.64. The first-order chi connectivity index (χ1) is 16.5. The molecular weight excluding hydrogens is 428 g/mol. The molecular formula is C27H24N4O3. The molecule has 170 valence electrons. The number of amides is 3. The molecule has 2 heterocycles. The molecule has 0 unspecified atom stereocenters. The highest BCUT2D eigenvalue weighted by molar-refractivity contribution is 6.01. The van der Waals surface area contributed by atoms with Crippen molar-refractivity contribution >= 4 is 28.6 Å². The van der Waals surface area contributed by atoms with Crippen LogP contribution >= 0.6 is 0 Å². The predicted molar refractivity (Wildman–Crippen MR) is 129 cm³/mol. The van der Waals surface area contributed by atoms with Crippen molar-refractivity contribution in [2.24, 2.45) is 0 Å². The molecule has 0 spiro atoms. The van der Waals surface area contributed by atoms with Gasteiger partial charge in [0.15, 0.2) is 0 Å². The number of fused-ring (bicyclic) bond motifs is 2. The molecule has 1 atom stereocenters. The molecule has 3 aromatic carbocycles. The van der Waals surface area contributed by atoms with Crippen LogP contribution in [0.25, 0.3) is 10.9 Å².